The lowest BCUT2D eigenvalue weighted by molar-refractivity contribution is -0.148. The molecule has 1 aliphatic heterocycles. The van der Waals surface area contributed by atoms with Crippen LogP contribution in [0.5, 0.6) is 0 Å². The van der Waals surface area contributed by atoms with Crippen molar-refractivity contribution in [3.8, 4) is 0 Å². The number of nitrogens with zero attached hydrogens (tertiary/aromatic N) is 1. The molecule has 0 bridgehead atoms. The molecule has 0 spiro atoms. The summed E-state index contributed by atoms with van der Waals surface area (Å²) in [6.07, 6.45) is 4.18. The highest BCUT2D eigenvalue weighted by Crippen LogP contribution is 2.16. The van der Waals surface area contributed by atoms with Crippen molar-refractivity contribution in [2.45, 2.75) is 58.1 Å². The fourth-order valence-electron chi connectivity index (χ4n) is 2.83. The van der Waals surface area contributed by atoms with Crippen LogP contribution in [0, 0.1) is 0 Å². The van der Waals surface area contributed by atoms with Gasteiger partial charge in [0.2, 0.25) is 0 Å². The lowest BCUT2D eigenvalue weighted by Gasteiger charge is -2.29. The van der Waals surface area contributed by atoms with Crippen LogP contribution < -0.4 is 5.32 Å². The first-order valence-electron chi connectivity index (χ1n) is 8.19. The third-order valence-electron chi connectivity index (χ3n) is 4.09. The molecular weight excluding hydrogens is 268 g/mol. The van der Waals surface area contributed by atoms with Crippen molar-refractivity contribution >= 4 is 5.97 Å². The summed E-state index contributed by atoms with van der Waals surface area (Å²) < 4.78 is 10.6. The number of carbonyl (C=O) groups excluding carboxylic acids is 1. The van der Waals surface area contributed by atoms with E-state index in [2.05, 4.69) is 24.1 Å². The molecule has 0 aliphatic carbocycles. The van der Waals surface area contributed by atoms with Gasteiger partial charge < -0.3 is 19.7 Å². The molecule has 0 aromatic carbocycles. The smallest absolute Gasteiger partial charge is 0.325 e. The van der Waals surface area contributed by atoms with Crippen LogP contribution in [0.15, 0.2) is 0 Å². The molecule has 5 heteroatoms. The van der Waals surface area contributed by atoms with Gasteiger partial charge in [-0.15, -0.1) is 0 Å². The molecule has 1 aliphatic rings. The summed E-state index contributed by atoms with van der Waals surface area (Å²) in [7, 11) is 1.46. The Morgan fingerprint density at radius 3 is 2.95 bits per heavy atom. The fourth-order valence-corrected chi connectivity index (χ4v) is 2.83. The second-order valence-corrected chi connectivity index (χ2v) is 6.19. The topological polar surface area (TPSA) is 50.8 Å². The Hall–Kier alpha value is -0.650. The van der Waals surface area contributed by atoms with Crippen LogP contribution in [0.4, 0.5) is 0 Å². The third kappa shape index (κ3) is 6.32. The Labute approximate surface area is 129 Å². The van der Waals surface area contributed by atoms with Crippen LogP contribution in [0.2, 0.25) is 0 Å². The minimum absolute atomic E-state index is 0.163. The normalized spacial score (nSPS) is 23.3. The Bertz CT molecular complexity index is 312. The van der Waals surface area contributed by atoms with Gasteiger partial charge in [0, 0.05) is 19.7 Å². The van der Waals surface area contributed by atoms with Crippen molar-refractivity contribution in [2.75, 3.05) is 39.9 Å². The maximum absolute atomic E-state index is 12.0. The largest absolute Gasteiger partial charge is 0.468 e. The number of nitrogens with one attached hydrogen (secondary N) is 1. The Kier molecular flexibility index (Phi) is 8.22. The van der Waals surface area contributed by atoms with Gasteiger partial charge in [-0.2, -0.15) is 0 Å². The third-order valence-corrected chi connectivity index (χ3v) is 4.09. The number of hydrogen-bond donors (Lipinski definition) is 1. The van der Waals surface area contributed by atoms with E-state index in [1.54, 1.807) is 0 Å². The highest BCUT2D eigenvalue weighted by atomic mass is 16.5. The van der Waals surface area contributed by atoms with Gasteiger partial charge in [-0.3, -0.25) is 4.79 Å². The highest BCUT2D eigenvalue weighted by Gasteiger charge is 2.33. The maximum atomic E-state index is 12.0. The zero-order valence-electron chi connectivity index (χ0n) is 14.1. The van der Waals surface area contributed by atoms with E-state index in [9.17, 15) is 4.79 Å². The molecule has 0 aromatic heterocycles. The molecule has 5 nitrogen and oxygen atoms in total. The van der Waals surface area contributed by atoms with E-state index in [-0.39, 0.29) is 5.97 Å². The molecule has 0 amide bonds. The number of esters is 1. The van der Waals surface area contributed by atoms with Crippen molar-refractivity contribution in [1.82, 2.24) is 10.2 Å². The van der Waals surface area contributed by atoms with Crippen molar-refractivity contribution in [3.05, 3.63) is 0 Å². The predicted octanol–water partition coefficient (Wildman–Crippen LogP) is 1.81. The highest BCUT2D eigenvalue weighted by molar-refractivity contribution is 5.80. The summed E-state index contributed by atoms with van der Waals surface area (Å²) in [6.45, 7) is 10.9. The molecule has 1 N–H and O–H groups in total. The molecule has 2 atom stereocenters. The zero-order valence-corrected chi connectivity index (χ0v) is 14.1. The molecule has 21 heavy (non-hydrogen) atoms. The molecule has 124 valence electrons. The molecule has 1 heterocycles. The van der Waals surface area contributed by atoms with E-state index in [4.69, 9.17) is 9.47 Å². The van der Waals surface area contributed by atoms with Gasteiger partial charge in [0.05, 0.1) is 13.2 Å². The fraction of sp³-hybridized carbons (Fsp3) is 0.938. The molecule has 0 aromatic rings. The van der Waals surface area contributed by atoms with Gasteiger partial charge in [0.25, 0.3) is 0 Å². The lowest BCUT2D eigenvalue weighted by atomic mass is 9.95. The molecule has 2 unspecified atom stereocenters. The van der Waals surface area contributed by atoms with Crippen molar-refractivity contribution in [2.24, 2.45) is 0 Å². The summed E-state index contributed by atoms with van der Waals surface area (Å²) in [6, 6.07) is 0. The van der Waals surface area contributed by atoms with Gasteiger partial charge in [0.1, 0.15) is 5.54 Å². The second-order valence-electron chi connectivity index (χ2n) is 6.19. The summed E-state index contributed by atoms with van der Waals surface area (Å²) >= 11 is 0. The molecule has 0 saturated carbocycles. The van der Waals surface area contributed by atoms with E-state index in [0.717, 1.165) is 58.5 Å². The molecule has 1 fully saturated rings. The van der Waals surface area contributed by atoms with Crippen molar-refractivity contribution < 1.29 is 14.3 Å². The minimum atomic E-state index is -0.571. The Balaban J connectivity index is 2.43. The first kappa shape index (κ1) is 18.4. The van der Waals surface area contributed by atoms with Gasteiger partial charge in [0.15, 0.2) is 0 Å². The van der Waals surface area contributed by atoms with E-state index >= 15 is 0 Å². The summed E-state index contributed by atoms with van der Waals surface area (Å²) in [5.74, 6) is -0.163. The SMILES string of the molecule is CCCNC(C)(CCCN1CCCOC(C)C1)C(=O)OC. The van der Waals surface area contributed by atoms with E-state index in [0.29, 0.717) is 6.10 Å². The van der Waals surface area contributed by atoms with Crippen LogP contribution in [-0.4, -0.2) is 62.4 Å². The second kappa shape index (κ2) is 9.38. The van der Waals surface area contributed by atoms with E-state index in [1.165, 1.54) is 7.11 Å². The standard InChI is InChI=1S/C16H32N2O3/c1-5-9-17-16(3,15(19)20-4)8-6-10-18-11-7-12-21-14(2)13-18/h14,17H,5-13H2,1-4H3. The van der Waals surface area contributed by atoms with Gasteiger partial charge >= 0.3 is 5.97 Å². The molecule has 1 saturated heterocycles. The van der Waals surface area contributed by atoms with E-state index < -0.39 is 5.54 Å². The average Bonchev–Trinajstić information content (AvgIpc) is 2.68. The van der Waals surface area contributed by atoms with Crippen LogP contribution in [0.1, 0.15) is 46.5 Å². The van der Waals surface area contributed by atoms with Gasteiger partial charge in [-0.05, 0) is 52.6 Å². The van der Waals surface area contributed by atoms with Crippen LogP contribution in [-0.2, 0) is 14.3 Å². The van der Waals surface area contributed by atoms with Crippen LogP contribution >= 0.6 is 0 Å². The van der Waals surface area contributed by atoms with Crippen molar-refractivity contribution in [3.63, 3.8) is 0 Å². The number of ether oxygens (including phenoxy) is 2. The van der Waals surface area contributed by atoms with Crippen LogP contribution in [0.3, 0.4) is 0 Å². The quantitative estimate of drug-likeness (QED) is 0.693. The minimum Gasteiger partial charge on any atom is -0.468 e. The Morgan fingerprint density at radius 1 is 1.52 bits per heavy atom. The number of hydrogen-bond acceptors (Lipinski definition) is 5. The van der Waals surface area contributed by atoms with Gasteiger partial charge in [-0.1, -0.05) is 6.92 Å². The predicted molar refractivity (Wildman–Crippen MR) is 84.4 cm³/mol. The Morgan fingerprint density at radius 2 is 2.29 bits per heavy atom. The number of rotatable bonds is 8. The molecule has 1 rings (SSSR count). The zero-order chi connectivity index (χ0) is 15.7. The lowest BCUT2D eigenvalue weighted by Crippen LogP contribution is -2.50. The van der Waals surface area contributed by atoms with E-state index in [1.807, 2.05) is 6.92 Å². The number of carbonyl (C=O) groups is 1. The van der Waals surface area contributed by atoms with Gasteiger partial charge in [-0.25, -0.2) is 0 Å². The summed E-state index contributed by atoms with van der Waals surface area (Å²) in [5.41, 5.74) is -0.571. The monoisotopic (exact) mass is 300 g/mol. The summed E-state index contributed by atoms with van der Waals surface area (Å²) in [5, 5.41) is 3.34. The molecular formula is C16H32N2O3. The number of methoxy groups -OCH3 is 1. The summed E-state index contributed by atoms with van der Waals surface area (Å²) in [4.78, 5) is 14.5. The van der Waals surface area contributed by atoms with Crippen molar-refractivity contribution in [1.29, 1.82) is 0 Å². The first-order valence-corrected chi connectivity index (χ1v) is 8.19. The average molecular weight is 300 g/mol. The molecule has 0 radical (unpaired) electrons. The maximum Gasteiger partial charge on any atom is 0.325 e. The first-order chi connectivity index (χ1) is 10.0. The van der Waals surface area contributed by atoms with Crippen LogP contribution in [0.25, 0.3) is 0 Å².